The number of nitro groups is 1. The molecule has 0 spiro atoms. The highest BCUT2D eigenvalue weighted by molar-refractivity contribution is 5.94. The van der Waals surface area contributed by atoms with Crippen molar-refractivity contribution < 1.29 is 19.5 Å². The number of aliphatic carboxylic acids is 1. The number of hydrogen-bond donors (Lipinski definition) is 1. The zero-order chi connectivity index (χ0) is 15.1. The third kappa shape index (κ3) is 2.06. The standard InChI is InChI=1S/C12H12N4O5/c1-6-4-15(5-7(6)12(17)18)8-2-3-9(16(19)20)11-10(8)13-21-14-11/h2-3,6-7H,4-5H2,1H3,(H,17,18)/t6-,7-/m1/s1. The lowest BCUT2D eigenvalue weighted by Gasteiger charge is -2.17. The number of rotatable bonds is 3. The molecule has 21 heavy (non-hydrogen) atoms. The predicted octanol–water partition coefficient (Wildman–Crippen LogP) is 1.29. The van der Waals surface area contributed by atoms with Crippen molar-refractivity contribution in [3.63, 3.8) is 0 Å². The van der Waals surface area contributed by atoms with Crippen LogP contribution in [-0.4, -0.2) is 39.4 Å². The van der Waals surface area contributed by atoms with Crippen molar-refractivity contribution in [1.29, 1.82) is 0 Å². The van der Waals surface area contributed by atoms with Gasteiger partial charge in [-0.1, -0.05) is 6.92 Å². The summed E-state index contributed by atoms with van der Waals surface area (Å²) in [5.41, 5.74) is 0.774. The third-order valence-electron chi connectivity index (χ3n) is 3.84. The van der Waals surface area contributed by atoms with E-state index in [1.54, 1.807) is 6.07 Å². The number of fused-ring (bicyclic) bond motifs is 1. The molecule has 2 heterocycles. The Bertz CT molecular complexity index is 728. The SMILES string of the molecule is C[C@@H]1CN(c2ccc([N+](=O)[O-])c3nonc23)C[C@H]1C(=O)O. The normalized spacial score (nSPS) is 21.9. The molecule has 2 aromatic rings. The Balaban J connectivity index is 2.03. The molecule has 9 nitrogen and oxygen atoms in total. The van der Waals surface area contributed by atoms with Gasteiger partial charge in [-0.2, -0.15) is 0 Å². The van der Waals surface area contributed by atoms with E-state index in [4.69, 9.17) is 0 Å². The van der Waals surface area contributed by atoms with Gasteiger partial charge in [0.1, 0.15) is 0 Å². The first kappa shape index (κ1) is 13.3. The summed E-state index contributed by atoms with van der Waals surface area (Å²) in [6, 6.07) is 2.89. The van der Waals surface area contributed by atoms with Gasteiger partial charge in [-0.15, -0.1) is 0 Å². The van der Waals surface area contributed by atoms with Crippen LogP contribution < -0.4 is 4.90 Å². The molecule has 1 saturated heterocycles. The van der Waals surface area contributed by atoms with Gasteiger partial charge in [-0.3, -0.25) is 14.9 Å². The highest BCUT2D eigenvalue weighted by Gasteiger charge is 2.36. The van der Waals surface area contributed by atoms with Crippen LogP contribution in [0.1, 0.15) is 6.92 Å². The summed E-state index contributed by atoms with van der Waals surface area (Å²) >= 11 is 0. The van der Waals surface area contributed by atoms with E-state index in [9.17, 15) is 20.0 Å². The molecule has 1 N–H and O–H groups in total. The maximum absolute atomic E-state index is 11.2. The largest absolute Gasteiger partial charge is 0.481 e. The first-order valence-corrected chi connectivity index (χ1v) is 6.36. The lowest BCUT2D eigenvalue weighted by molar-refractivity contribution is -0.383. The van der Waals surface area contributed by atoms with Crippen LogP contribution in [0.2, 0.25) is 0 Å². The van der Waals surface area contributed by atoms with Crippen LogP contribution >= 0.6 is 0 Å². The van der Waals surface area contributed by atoms with Crippen molar-refractivity contribution >= 4 is 28.4 Å². The van der Waals surface area contributed by atoms with Crippen molar-refractivity contribution in [2.75, 3.05) is 18.0 Å². The molecule has 0 unspecified atom stereocenters. The lowest BCUT2D eigenvalue weighted by atomic mass is 9.99. The first-order chi connectivity index (χ1) is 9.99. The number of carboxylic acid groups (broad SMARTS) is 1. The molecule has 9 heteroatoms. The Kier molecular flexibility index (Phi) is 2.96. The van der Waals surface area contributed by atoms with Crippen molar-refractivity contribution in [2.24, 2.45) is 11.8 Å². The minimum Gasteiger partial charge on any atom is -0.481 e. The molecule has 1 aromatic heterocycles. The molecule has 0 bridgehead atoms. The van der Waals surface area contributed by atoms with Gasteiger partial charge < -0.3 is 10.0 Å². The van der Waals surface area contributed by atoms with Crippen LogP contribution in [0.3, 0.4) is 0 Å². The number of nitrogens with zero attached hydrogens (tertiary/aromatic N) is 4. The molecule has 2 atom stereocenters. The number of anilines is 1. The average molecular weight is 292 g/mol. The molecule has 3 rings (SSSR count). The summed E-state index contributed by atoms with van der Waals surface area (Å²) < 4.78 is 4.61. The molecular weight excluding hydrogens is 280 g/mol. The van der Waals surface area contributed by atoms with Crippen molar-refractivity contribution in [1.82, 2.24) is 10.3 Å². The Morgan fingerprint density at radius 2 is 2.14 bits per heavy atom. The first-order valence-electron chi connectivity index (χ1n) is 6.36. The van der Waals surface area contributed by atoms with Crippen LogP contribution in [-0.2, 0) is 4.79 Å². The van der Waals surface area contributed by atoms with Crippen LogP contribution in [0.15, 0.2) is 16.8 Å². The molecular formula is C12H12N4O5. The molecule has 1 fully saturated rings. The summed E-state index contributed by atoms with van der Waals surface area (Å²) in [6.07, 6.45) is 0. The van der Waals surface area contributed by atoms with Gasteiger partial charge in [0.15, 0.2) is 5.52 Å². The minimum absolute atomic E-state index is 0.0207. The molecule has 110 valence electrons. The molecule has 1 aliphatic heterocycles. The summed E-state index contributed by atoms with van der Waals surface area (Å²) in [7, 11) is 0. The lowest BCUT2D eigenvalue weighted by Crippen LogP contribution is -2.23. The molecule has 0 amide bonds. The number of benzene rings is 1. The summed E-state index contributed by atoms with van der Waals surface area (Å²) in [6.45, 7) is 2.73. The van der Waals surface area contributed by atoms with Crippen LogP contribution in [0.25, 0.3) is 11.0 Å². The van der Waals surface area contributed by atoms with Gasteiger partial charge in [0.05, 0.1) is 16.5 Å². The van der Waals surface area contributed by atoms with Crippen molar-refractivity contribution in [3.05, 3.63) is 22.2 Å². The highest BCUT2D eigenvalue weighted by atomic mass is 16.6. The number of carbonyl (C=O) groups is 1. The zero-order valence-electron chi connectivity index (χ0n) is 11.1. The maximum Gasteiger partial charge on any atom is 0.308 e. The van der Waals surface area contributed by atoms with Gasteiger partial charge >= 0.3 is 11.7 Å². The fraction of sp³-hybridized carbons (Fsp3) is 0.417. The topological polar surface area (TPSA) is 123 Å². The number of carboxylic acids is 1. The molecule has 1 aliphatic rings. The average Bonchev–Trinajstić information content (AvgIpc) is 3.03. The fourth-order valence-corrected chi connectivity index (χ4v) is 2.73. The van der Waals surface area contributed by atoms with E-state index in [1.807, 2.05) is 11.8 Å². The van der Waals surface area contributed by atoms with E-state index >= 15 is 0 Å². The fourth-order valence-electron chi connectivity index (χ4n) is 2.73. The minimum atomic E-state index is -0.846. The third-order valence-corrected chi connectivity index (χ3v) is 3.84. The molecule has 0 saturated carbocycles. The Morgan fingerprint density at radius 3 is 2.76 bits per heavy atom. The van der Waals surface area contributed by atoms with Crippen LogP contribution in [0, 0.1) is 22.0 Å². The van der Waals surface area contributed by atoms with Gasteiger partial charge in [0, 0.05) is 19.2 Å². The zero-order valence-corrected chi connectivity index (χ0v) is 11.1. The number of non-ortho nitro benzene ring substituents is 1. The molecule has 0 radical (unpaired) electrons. The van der Waals surface area contributed by atoms with Crippen molar-refractivity contribution in [2.45, 2.75) is 6.92 Å². The highest BCUT2D eigenvalue weighted by Crippen LogP contribution is 2.35. The second-order valence-electron chi connectivity index (χ2n) is 5.15. The summed E-state index contributed by atoms with van der Waals surface area (Å²) in [5.74, 6) is -1.34. The van der Waals surface area contributed by atoms with Gasteiger partial charge in [-0.25, -0.2) is 4.63 Å². The van der Waals surface area contributed by atoms with Gasteiger partial charge in [-0.05, 0) is 22.3 Å². The van der Waals surface area contributed by atoms with E-state index in [2.05, 4.69) is 14.9 Å². The Morgan fingerprint density at radius 1 is 1.43 bits per heavy atom. The van der Waals surface area contributed by atoms with Gasteiger partial charge in [0.2, 0.25) is 5.52 Å². The van der Waals surface area contributed by atoms with E-state index in [-0.39, 0.29) is 22.6 Å². The smallest absolute Gasteiger partial charge is 0.308 e. The Labute approximate surface area is 118 Å². The quantitative estimate of drug-likeness (QED) is 0.663. The van der Waals surface area contributed by atoms with E-state index < -0.39 is 16.8 Å². The number of hydrogen-bond acceptors (Lipinski definition) is 7. The second-order valence-corrected chi connectivity index (χ2v) is 5.15. The molecule has 0 aliphatic carbocycles. The maximum atomic E-state index is 11.2. The molecule has 1 aromatic carbocycles. The van der Waals surface area contributed by atoms with Crippen molar-refractivity contribution in [3.8, 4) is 0 Å². The van der Waals surface area contributed by atoms with Crippen LogP contribution in [0.4, 0.5) is 11.4 Å². The summed E-state index contributed by atoms with van der Waals surface area (Å²) in [4.78, 5) is 23.4. The Hall–Kier alpha value is -2.71. The second kappa shape index (κ2) is 4.69. The number of nitro benzene ring substituents is 1. The van der Waals surface area contributed by atoms with E-state index in [0.29, 0.717) is 18.8 Å². The van der Waals surface area contributed by atoms with E-state index in [1.165, 1.54) is 6.07 Å². The predicted molar refractivity (Wildman–Crippen MR) is 71.0 cm³/mol. The van der Waals surface area contributed by atoms with E-state index in [0.717, 1.165) is 0 Å². The van der Waals surface area contributed by atoms with Crippen LogP contribution in [0.5, 0.6) is 0 Å². The monoisotopic (exact) mass is 292 g/mol. The van der Waals surface area contributed by atoms with Gasteiger partial charge in [0.25, 0.3) is 0 Å². The summed E-state index contributed by atoms with van der Waals surface area (Å²) in [5, 5.41) is 27.4. The number of aromatic nitrogens is 2.